The molecule has 0 aliphatic rings. The Labute approximate surface area is 83.0 Å². The average molecular weight is 195 g/mol. The van der Waals surface area contributed by atoms with E-state index in [2.05, 4.69) is 0 Å². The molecule has 1 rings (SSSR count). The van der Waals surface area contributed by atoms with Gasteiger partial charge in [0.1, 0.15) is 0 Å². The summed E-state index contributed by atoms with van der Waals surface area (Å²) in [5.41, 5.74) is 1.99. The summed E-state index contributed by atoms with van der Waals surface area (Å²) in [4.78, 5) is 10.7. The van der Waals surface area contributed by atoms with E-state index in [0.29, 0.717) is 5.02 Å². The minimum atomic E-state index is 0.0271. The molecule has 1 nitrogen and oxygen atoms in total. The molecule has 0 saturated carbocycles. The maximum absolute atomic E-state index is 10.7. The molecule has 68 valence electrons. The van der Waals surface area contributed by atoms with Crippen molar-refractivity contribution < 1.29 is 4.79 Å². The highest BCUT2D eigenvalue weighted by Crippen LogP contribution is 2.20. The van der Waals surface area contributed by atoms with Crippen LogP contribution in [0.4, 0.5) is 0 Å². The van der Waals surface area contributed by atoms with Crippen LogP contribution >= 0.6 is 11.6 Å². The number of carbonyl (C=O) groups excluding carboxylic acids is 1. The van der Waals surface area contributed by atoms with E-state index in [1.165, 1.54) is 13.0 Å². The molecule has 13 heavy (non-hydrogen) atoms. The van der Waals surface area contributed by atoms with E-state index < -0.39 is 0 Å². The Morgan fingerprint density at radius 2 is 2.15 bits per heavy atom. The van der Waals surface area contributed by atoms with E-state index in [-0.39, 0.29) is 5.78 Å². The molecule has 2 heteroatoms. The molecular formula is C11H11ClO. The van der Waals surface area contributed by atoms with E-state index in [4.69, 9.17) is 11.6 Å². The summed E-state index contributed by atoms with van der Waals surface area (Å²) < 4.78 is 0. The zero-order valence-corrected chi connectivity index (χ0v) is 8.43. The van der Waals surface area contributed by atoms with Crippen molar-refractivity contribution in [3.8, 4) is 0 Å². The summed E-state index contributed by atoms with van der Waals surface area (Å²) in [5, 5.41) is 0.678. The molecule has 0 aliphatic heterocycles. The predicted octanol–water partition coefficient (Wildman–Crippen LogP) is 3.25. The molecular weight excluding hydrogens is 184 g/mol. The van der Waals surface area contributed by atoms with Crippen LogP contribution in [0.3, 0.4) is 0 Å². The molecule has 1 aromatic rings. The Morgan fingerprint density at radius 1 is 1.46 bits per heavy atom. The van der Waals surface area contributed by atoms with Gasteiger partial charge in [-0.05, 0) is 43.2 Å². The van der Waals surface area contributed by atoms with Gasteiger partial charge < -0.3 is 0 Å². The van der Waals surface area contributed by atoms with E-state index in [9.17, 15) is 4.79 Å². The van der Waals surface area contributed by atoms with Crippen LogP contribution in [0.15, 0.2) is 24.3 Å². The highest BCUT2D eigenvalue weighted by atomic mass is 35.5. The molecule has 0 saturated heterocycles. The minimum Gasteiger partial charge on any atom is -0.295 e. The molecule has 0 bridgehead atoms. The summed E-state index contributed by atoms with van der Waals surface area (Å²) in [6.45, 7) is 3.48. The fourth-order valence-electron chi connectivity index (χ4n) is 1.06. The van der Waals surface area contributed by atoms with Crippen molar-refractivity contribution in [3.05, 3.63) is 40.4 Å². The topological polar surface area (TPSA) is 17.1 Å². The maximum Gasteiger partial charge on any atom is 0.152 e. The highest BCUT2D eigenvalue weighted by molar-refractivity contribution is 6.32. The fourth-order valence-corrected chi connectivity index (χ4v) is 1.34. The van der Waals surface area contributed by atoms with Crippen molar-refractivity contribution in [2.75, 3.05) is 0 Å². The molecule has 0 spiro atoms. The van der Waals surface area contributed by atoms with Gasteiger partial charge in [0, 0.05) is 5.02 Å². The third kappa shape index (κ3) is 2.71. The van der Waals surface area contributed by atoms with Gasteiger partial charge in [0.25, 0.3) is 0 Å². The van der Waals surface area contributed by atoms with Gasteiger partial charge in [-0.1, -0.05) is 23.7 Å². The normalized spacial score (nSPS) is 10.7. The molecule has 0 aliphatic carbocycles. The van der Waals surface area contributed by atoms with Gasteiger partial charge in [-0.25, -0.2) is 0 Å². The lowest BCUT2D eigenvalue weighted by molar-refractivity contribution is -0.112. The van der Waals surface area contributed by atoms with Crippen LogP contribution in [0.1, 0.15) is 18.1 Å². The van der Waals surface area contributed by atoms with Crippen LogP contribution in [-0.2, 0) is 4.79 Å². The number of benzene rings is 1. The maximum atomic E-state index is 10.7. The molecule has 0 aromatic heterocycles. The van der Waals surface area contributed by atoms with E-state index in [1.807, 2.05) is 25.1 Å². The number of ketones is 1. The lowest BCUT2D eigenvalue weighted by Gasteiger charge is -2.01. The Balaban J connectivity index is 3.06. The molecule has 0 atom stereocenters. The number of rotatable bonds is 2. The highest BCUT2D eigenvalue weighted by Gasteiger charge is 1.98. The predicted molar refractivity (Wildman–Crippen MR) is 55.9 cm³/mol. The Hall–Kier alpha value is -1.08. The lowest BCUT2D eigenvalue weighted by Crippen LogP contribution is -1.84. The van der Waals surface area contributed by atoms with Crippen LogP contribution < -0.4 is 0 Å². The van der Waals surface area contributed by atoms with E-state index in [0.717, 1.165) is 11.1 Å². The Bertz CT molecular complexity index is 333. The molecule has 0 unspecified atom stereocenters. The van der Waals surface area contributed by atoms with Crippen LogP contribution in [-0.4, -0.2) is 5.78 Å². The van der Waals surface area contributed by atoms with Crippen LogP contribution in [0.2, 0.25) is 5.02 Å². The fraction of sp³-hybridized carbons (Fsp3) is 0.182. The Kier molecular flexibility index (Phi) is 3.26. The van der Waals surface area contributed by atoms with Gasteiger partial charge >= 0.3 is 0 Å². The zero-order chi connectivity index (χ0) is 9.84. The quantitative estimate of drug-likeness (QED) is 0.661. The first kappa shape index (κ1) is 10.0. The number of hydrogen-bond acceptors (Lipinski definition) is 1. The second-order valence-electron chi connectivity index (χ2n) is 2.91. The summed E-state index contributed by atoms with van der Waals surface area (Å²) in [6, 6.07) is 5.67. The van der Waals surface area contributed by atoms with Crippen LogP contribution in [0, 0.1) is 6.92 Å². The van der Waals surface area contributed by atoms with Crippen LogP contribution in [0.5, 0.6) is 0 Å². The SMILES string of the molecule is CC(=O)/C=C/c1c(C)cccc1Cl. The second-order valence-corrected chi connectivity index (χ2v) is 3.32. The van der Waals surface area contributed by atoms with Gasteiger partial charge in [0.2, 0.25) is 0 Å². The lowest BCUT2D eigenvalue weighted by atomic mass is 10.1. The van der Waals surface area contributed by atoms with Gasteiger partial charge in [-0.3, -0.25) is 4.79 Å². The summed E-state index contributed by atoms with van der Waals surface area (Å²) >= 11 is 5.95. The van der Waals surface area contributed by atoms with Gasteiger partial charge in [-0.2, -0.15) is 0 Å². The van der Waals surface area contributed by atoms with E-state index >= 15 is 0 Å². The van der Waals surface area contributed by atoms with Gasteiger partial charge in [0.05, 0.1) is 0 Å². The zero-order valence-electron chi connectivity index (χ0n) is 7.67. The van der Waals surface area contributed by atoms with Crippen molar-refractivity contribution in [1.82, 2.24) is 0 Å². The molecule has 0 amide bonds. The molecule has 0 N–H and O–H groups in total. The van der Waals surface area contributed by atoms with Crippen molar-refractivity contribution in [1.29, 1.82) is 0 Å². The first-order chi connectivity index (χ1) is 6.11. The van der Waals surface area contributed by atoms with Crippen molar-refractivity contribution >= 4 is 23.5 Å². The van der Waals surface area contributed by atoms with E-state index in [1.54, 1.807) is 6.08 Å². The largest absolute Gasteiger partial charge is 0.295 e. The molecule has 1 aromatic carbocycles. The van der Waals surface area contributed by atoms with Crippen LogP contribution in [0.25, 0.3) is 6.08 Å². The monoisotopic (exact) mass is 194 g/mol. The number of hydrogen-bond donors (Lipinski definition) is 0. The number of halogens is 1. The average Bonchev–Trinajstić information content (AvgIpc) is 2.03. The molecule has 0 fully saturated rings. The number of carbonyl (C=O) groups is 1. The first-order valence-electron chi connectivity index (χ1n) is 4.05. The minimum absolute atomic E-state index is 0.0271. The second kappa shape index (κ2) is 4.24. The number of aryl methyl sites for hydroxylation is 1. The molecule has 0 radical (unpaired) electrons. The first-order valence-corrected chi connectivity index (χ1v) is 4.43. The Morgan fingerprint density at radius 3 is 2.69 bits per heavy atom. The standard InChI is InChI=1S/C11H11ClO/c1-8-4-3-5-11(12)10(8)7-6-9(2)13/h3-7H,1-2H3/b7-6+. The van der Waals surface area contributed by atoms with Gasteiger partial charge in [-0.15, -0.1) is 0 Å². The third-order valence-corrected chi connectivity index (χ3v) is 2.09. The summed E-state index contributed by atoms with van der Waals surface area (Å²) in [6.07, 6.45) is 3.27. The van der Waals surface area contributed by atoms with Crippen molar-refractivity contribution in [2.24, 2.45) is 0 Å². The van der Waals surface area contributed by atoms with Crippen molar-refractivity contribution in [3.63, 3.8) is 0 Å². The summed E-state index contributed by atoms with van der Waals surface area (Å²) in [7, 11) is 0. The smallest absolute Gasteiger partial charge is 0.152 e. The summed E-state index contributed by atoms with van der Waals surface area (Å²) in [5.74, 6) is 0.0271. The third-order valence-electron chi connectivity index (χ3n) is 1.76. The van der Waals surface area contributed by atoms with Crippen molar-refractivity contribution in [2.45, 2.75) is 13.8 Å². The number of allylic oxidation sites excluding steroid dienone is 1. The van der Waals surface area contributed by atoms with Gasteiger partial charge in [0.15, 0.2) is 5.78 Å². The molecule has 0 heterocycles.